The lowest BCUT2D eigenvalue weighted by atomic mass is 10.1. The molecule has 0 aliphatic heterocycles. The Morgan fingerprint density at radius 1 is 1.53 bits per heavy atom. The summed E-state index contributed by atoms with van der Waals surface area (Å²) in [7, 11) is 0. The molecule has 2 aliphatic rings. The topological polar surface area (TPSA) is 68.0 Å². The molecular weight excluding hydrogens is 242 g/mol. The van der Waals surface area contributed by atoms with Crippen LogP contribution in [0.4, 0.5) is 0 Å². The van der Waals surface area contributed by atoms with Gasteiger partial charge in [-0.05, 0) is 43.4 Å². The second kappa shape index (κ2) is 3.44. The summed E-state index contributed by atoms with van der Waals surface area (Å²) in [6, 6.07) is 3.86. The summed E-state index contributed by atoms with van der Waals surface area (Å²) in [4.78, 5) is 15.6. The fraction of sp³-hybridized carbons (Fsp3) is 0.357. The number of aromatic nitrogens is 3. The summed E-state index contributed by atoms with van der Waals surface area (Å²) in [5, 5.41) is 13.5. The lowest BCUT2D eigenvalue weighted by molar-refractivity contribution is 0.0688. The summed E-state index contributed by atoms with van der Waals surface area (Å²) < 4.78 is 1.74. The highest BCUT2D eigenvalue weighted by Gasteiger charge is 2.50. The van der Waals surface area contributed by atoms with Crippen LogP contribution in [0.15, 0.2) is 18.3 Å². The smallest absolute Gasteiger partial charge is 0.356 e. The van der Waals surface area contributed by atoms with Crippen LogP contribution in [0.3, 0.4) is 0 Å². The number of hydrogen-bond donors (Lipinski definition) is 1. The molecule has 0 unspecified atom stereocenters. The zero-order valence-corrected chi connectivity index (χ0v) is 10.5. The standard InChI is InChI=1S/C14H13N3O2/c1-7-2-3-15-11(4-7)17-13-9-5-8(9)6-10(13)12(16-17)14(18)19/h2-4,8-9H,5-6H2,1H3,(H,18,19)/t8-,9-/m1/s1. The van der Waals surface area contributed by atoms with Gasteiger partial charge >= 0.3 is 5.97 Å². The number of carbonyl (C=O) groups is 1. The number of nitrogens with zero attached hydrogens (tertiary/aromatic N) is 3. The summed E-state index contributed by atoms with van der Waals surface area (Å²) in [6.07, 6.45) is 3.75. The Bertz CT molecular complexity index is 705. The predicted octanol–water partition coefficient (Wildman–Crippen LogP) is 1.93. The van der Waals surface area contributed by atoms with E-state index in [2.05, 4.69) is 10.1 Å². The molecule has 0 saturated heterocycles. The van der Waals surface area contributed by atoms with Crippen molar-refractivity contribution < 1.29 is 9.90 Å². The van der Waals surface area contributed by atoms with Crippen LogP contribution in [0.2, 0.25) is 0 Å². The third kappa shape index (κ3) is 1.44. The van der Waals surface area contributed by atoms with Crippen molar-refractivity contribution in [1.82, 2.24) is 14.8 Å². The maximum Gasteiger partial charge on any atom is 0.356 e. The Labute approximate surface area is 109 Å². The molecule has 96 valence electrons. The molecule has 4 rings (SSSR count). The van der Waals surface area contributed by atoms with E-state index in [1.54, 1.807) is 10.9 Å². The molecule has 2 atom stereocenters. The van der Waals surface area contributed by atoms with E-state index in [0.29, 0.717) is 11.8 Å². The zero-order chi connectivity index (χ0) is 13.1. The number of hydrogen-bond acceptors (Lipinski definition) is 3. The van der Waals surface area contributed by atoms with E-state index in [4.69, 9.17) is 0 Å². The van der Waals surface area contributed by atoms with Crippen LogP contribution in [-0.2, 0) is 6.42 Å². The fourth-order valence-corrected chi connectivity index (χ4v) is 3.10. The molecule has 1 fully saturated rings. The Hall–Kier alpha value is -2.17. The first-order chi connectivity index (χ1) is 9.15. The second-order valence-electron chi connectivity index (χ2n) is 5.43. The van der Waals surface area contributed by atoms with Gasteiger partial charge in [-0.25, -0.2) is 14.5 Å². The van der Waals surface area contributed by atoms with Crippen molar-refractivity contribution in [2.45, 2.75) is 25.7 Å². The van der Waals surface area contributed by atoms with E-state index in [-0.39, 0.29) is 5.69 Å². The van der Waals surface area contributed by atoms with Gasteiger partial charge in [-0.3, -0.25) is 0 Å². The highest BCUT2D eigenvalue weighted by Crippen LogP contribution is 2.57. The van der Waals surface area contributed by atoms with Crippen molar-refractivity contribution in [3.63, 3.8) is 0 Å². The number of rotatable bonds is 2. The number of pyridine rings is 1. The Balaban J connectivity index is 1.94. The Morgan fingerprint density at radius 3 is 3.11 bits per heavy atom. The molecule has 0 aromatic carbocycles. The normalized spacial score (nSPS) is 23.0. The van der Waals surface area contributed by atoms with Gasteiger partial charge in [0.1, 0.15) is 0 Å². The van der Waals surface area contributed by atoms with Crippen LogP contribution in [0.1, 0.15) is 39.6 Å². The second-order valence-corrected chi connectivity index (χ2v) is 5.43. The maximum atomic E-state index is 11.3. The Kier molecular flexibility index (Phi) is 1.94. The quantitative estimate of drug-likeness (QED) is 0.890. The minimum Gasteiger partial charge on any atom is -0.476 e. The van der Waals surface area contributed by atoms with Crippen molar-refractivity contribution in [1.29, 1.82) is 0 Å². The van der Waals surface area contributed by atoms with Gasteiger partial charge in [0.15, 0.2) is 11.5 Å². The van der Waals surface area contributed by atoms with Crippen LogP contribution < -0.4 is 0 Å². The molecule has 0 bridgehead atoms. The number of aryl methyl sites for hydroxylation is 1. The van der Waals surface area contributed by atoms with E-state index in [1.165, 1.54) is 0 Å². The molecule has 0 amide bonds. The van der Waals surface area contributed by atoms with Gasteiger partial charge in [0.25, 0.3) is 0 Å². The minimum absolute atomic E-state index is 0.200. The molecule has 2 aromatic rings. The highest BCUT2D eigenvalue weighted by atomic mass is 16.4. The first-order valence-electron chi connectivity index (χ1n) is 6.43. The largest absolute Gasteiger partial charge is 0.476 e. The monoisotopic (exact) mass is 255 g/mol. The molecule has 0 spiro atoms. The number of carboxylic acids is 1. The average molecular weight is 255 g/mol. The third-order valence-electron chi connectivity index (χ3n) is 4.08. The first-order valence-corrected chi connectivity index (χ1v) is 6.43. The van der Waals surface area contributed by atoms with Crippen molar-refractivity contribution in [3.8, 4) is 5.82 Å². The molecule has 2 aromatic heterocycles. The first kappa shape index (κ1) is 10.7. The van der Waals surface area contributed by atoms with Crippen molar-refractivity contribution in [2.24, 2.45) is 5.92 Å². The van der Waals surface area contributed by atoms with Gasteiger partial charge in [0.2, 0.25) is 0 Å². The van der Waals surface area contributed by atoms with Gasteiger partial charge in [0, 0.05) is 17.7 Å². The van der Waals surface area contributed by atoms with E-state index in [9.17, 15) is 9.90 Å². The molecule has 0 radical (unpaired) electrons. The van der Waals surface area contributed by atoms with E-state index >= 15 is 0 Å². The van der Waals surface area contributed by atoms with Gasteiger partial charge in [-0.1, -0.05) is 0 Å². The van der Waals surface area contributed by atoms with Crippen LogP contribution in [-0.4, -0.2) is 25.8 Å². The number of carboxylic acid groups (broad SMARTS) is 1. The molecular formula is C14H13N3O2. The minimum atomic E-state index is -0.941. The van der Waals surface area contributed by atoms with Gasteiger partial charge in [-0.2, -0.15) is 5.10 Å². The van der Waals surface area contributed by atoms with Crippen LogP contribution in [0, 0.1) is 12.8 Å². The maximum absolute atomic E-state index is 11.3. The molecule has 2 aliphatic carbocycles. The predicted molar refractivity (Wildman–Crippen MR) is 67.6 cm³/mol. The van der Waals surface area contributed by atoms with Gasteiger partial charge in [-0.15, -0.1) is 0 Å². The van der Waals surface area contributed by atoms with Crippen LogP contribution in [0.5, 0.6) is 0 Å². The van der Waals surface area contributed by atoms with Crippen LogP contribution in [0.25, 0.3) is 5.82 Å². The lowest BCUT2D eigenvalue weighted by Crippen LogP contribution is -2.05. The Morgan fingerprint density at radius 2 is 2.37 bits per heavy atom. The van der Waals surface area contributed by atoms with E-state index in [0.717, 1.165) is 35.5 Å². The van der Waals surface area contributed by atoms with Crippen molar-refractivity contribution in [2.75, 3.05) is 0 Å². The van der Waals surface area contributed by atoms with Gasteiger partial charge < -0.3 is 5.11 Å². The summed E-state index contributed by atoms with van der Waals surface area (Å²) in [5.41, 5.74) is 3.28. The van der Waals surface area contributed by atoms with Crippen molar-refractivity contribution in [3.05, 3.63) is 40.8 Å². The molecule has 2 heterocycles. The molecule has 19 heavy (non-hydrogen) atoms. The summed E-state index contributed by atoms with van der Waals surface area (Å²) in [5.74, 6) is 0.889. The fourth-order valence-electron chi connectivity index (χ4n) is 3.10. The van der Waals surface area contributed by atoms with Crippen LogP contribution >= 0.6 is 0 Å². The highest BCUT2D eigenvalue weighted by molar-refractivity contribution is 5.88. The SMILES string of the molecule is Cc1ccnc(-n2nc(C(=O)O)c3c2[C@@H]2C[C@@H]2C3)c1. The van der Waals surface area contributed by atoms with Gasteiger partial charge in [0.05, 0.1) is 5.69 Å². The summed E-state index contributed by atoms with van der Waals surface area (Å²) >= 11 is 0. The third-order valence-corrected chi connectivity index (χ3v) is 4.08. The van der Waals surface area contributed by atoms with Crippen molar-refractivity contribution >= 4 is 5.97 Å². The molecule has 1 N–H and O–H groups in total. The van der Waals surface area contributed by atoms with E-state index < -0.39 is 5.97 Å². The number of aromatic carboxylic acids is 1. The van der Waals surface area contributed by atoms with E-state index in [1.807, 2.05) is 19.1 Å². The lowest BCUT2D eigenvalue weighted by Gasteiger charge is -2.05. The molecule has 1 saturated carbocycles. The molecule has 5 nitrogen and oxygen atoms in total. The zero-order valence-electron chi connectivity index (χ0n) is 10.5. The average Bonchev–Trinajstić information content (AvgIpc) is 2.87. The number of fused-ring (bicyclic) bond motifs is 3. The summed E-state index contributed by atoms with van der Waals surface area (Å²) in [6.45, 7) is 1.99. The molecule has 5 heteroatoms.